The van der Waals surface area contributed by atoms with Crippen LogP contribution >= 0.6 is 0 Å². The maximum Gasteiger partial charge on any atom is 0.232 e. The molecule has 1 aliphatic rings. The lowest BCUT2D eigenvalue weighted by atomic mass is 10.2. The van der Waals surface area contributed by atoms with E-state index in [-0.39, 0.29) is 12.6 Å². The van der Waals surface area contributed by atoms with Crippen molar-refractivity contribution in [3.8, 4) is 5.75 Å². The van der Waals surface area contributed by atoms with Gasteiger partial charge in [0.05, 0.1) is 19.2 Å². The molecule has 1 saturated heterocycles. The standard InChI is InChI=1S/C20H30N6O2/c1-3-25(4-2)19-22-18(21-12-14-28-17-10-6-5-7-11-17)23-20(24-19)26-13-8-9-16(26)15-27/h5-7,10-11,16,27H,3-4,8-9,12-15H2,1-2H3,(H,21,22,23,24). The molecule has 2 aromatic rings. The number of nitrogens with zero attached hydrogens (tertiary/aromatic N) is 5. The van der Waals surface area contributed by atoms with Crippen molar-refractivity contribution in [3.63, 3.8) is 0 Å². The number of anilines is 3. The second-order valence-corrected chi connectivity index (χ2v) is 6.69. The van der Waals surface area contributed by atoms with Crippen LogP contribution in [0.4, 0.5) is 17.8 Å². The number of aliphatic hydroxyl groups is 1. The second-order valence-electron chi connectivity index (χ2n) is 6.69. The summed E-state index contributed by atoms with van der Waals surface area (Å²) in [6.45, 7) is 7.86. The van der Waals surface area contributed by atoms with E-state index >= 15 is 0 Å². The van der Waals surface area contributed by atoms with Gasteiger partial charge in [0.2, 0.25) is 17.8 Å². The number of hydrogen-bond donors (Lipinski definition) is 2. The molecule has 0 aliphatic carbocycles. The highest BCUT2D eigenvalue weighted by atomic mass is 16.5. The first-order chi connectivity index (χ1) is 13.7. The van der Waals surface area contributed by atoms with Crippen LogP contribution < -0.4 is 19.9 Å². The lowest BCUT2D eigenvalue weighted by Gasteiger charge is -2.25. The Morgan fingerprint density at radius 1 is 1.18 bits per heavy atom. The molecular weight excluding hydrogens is 356 g/mol. The van der Waals surface area contributed by atoms with E-state index in [0.717, 1.165) is 38.2 Å². The first kappa shape index (κ1) is 20.1. The van der Waals surface area contributed by atoms with E-state index in [2.05, 4.69) is 43.9 Å². The minimum Gasteiger partial charge on any atom is -0.492 e. The van der Waals surface area contributed by atoms with E-state index in [1.165, 1.54) is 0 Å². The van der Waals surface area contributed by atoms with E-state index in [0.29, 0.717) is 31.0 Å². The van der Waals surface area contributed by atoms with Crippen LogP contribution in [0, 0.1) is 0 Å². The zero-order valence-electron chi connectivity index (χ0n) is 16.7. The smallest absolute Gasteiger partial charge is 0.232 e. The molecule has 1 fully saturated rings. The first-order valence-electron chi connectivity index (χ1n) is 10.0. The molecule has 0 bridgehead atoms. The van der Waals surface area contributed by atoms with Gasteiger partial charge in [0, 0.05) is 19.6 Å². The zero-order valence-corrected chi connectivity index (χ0v) is 16.7. The van der Waals surface area contributed by atoms with E-state index in [1.807, 2.05) is 30.3 Å². The largest absolute Gasteiger partial charge is 0.492 e. The maximum atomic E-state index is 9.66. The Labute approximate surface area is 166 Å². The fraction of sp³-hybridized carbons (Fsp3) is 0.550. The summed E-state index contributed by atoms with van der Waals surface area (Å²) >= 11 is 0. The monoisotopic (exact) mass is 386 g/mol. The van der Waals surface area contributed by atoms with Crippen LogP contribution in [0.5, 0.6) is 5.75 Å². The van der Waals surface area contributed by atoms with Gasteiger partial charge in [0.1, 0.15) is 12.4 Å². The van der Waals surface area contributed by atoms with Gasteiger partial charge in [-0.3, -0.25) is 0 Å². The SMILES string of the molecule is CCN(CC)c1nc(NCCOc2ccccc2)nc(N2CCCC2CO)n1. The average Bonchev–Trinajstić information content (AvgIpc) is 3.22. The lowest BCUT2D eigenvalue weighted by Crippen LogP contribution is -2.35. The van der Waals surface area contributed by atoms with Crippen molar-refractivity contribution in [2.45, 2.75) is 32.7 Å². The highest BCUT2D eigenvalue weighted by Gasteiger charge is 2.27. The predicted octanol–water partition coefficient (Wildman–Crippen LogP) is 2.17. The summed E-state index contributed by atoms with van der Waals surface area (Å²) in [7, 11) is 0. The quantitative estimate of drug-likeness (QED) is 0.601. The highest BCUT2D eigenvalue weighted by Crippen LogP contribution is 2.24. The number of aromatic nitrogens is 3. The molecule has 1 aromatic heterocycles. The summed E-state index contributed by atoms with van der Waals surface area (Å²) in [5.41, 5.74) is 0. The summed E-state index contributed by atoms with van der Waals surface area (Å²) in [6.07, 6.45) is 1.99. The second kappa shape index (κ2) is 10.1. The van der Waals surface area contributed by atoms with Crippen LogP contribution in [0.15, 0.2) is 30.3 Å². The number of aliphatic hydroxyl groups excluding tert-OH is 1. The molecule has 1 unspecified atom stereocenters. The number of benzene rings is 1. The van der Waals surface area contributed by atoms with E-state index < -0.39 is 0 Å². The van der Waals surface area contributed by atoms with Gasteiger partial charge in [0.15, 0.2) is 0 Å². The highest BCUT2D eigenvalue weighted by molar-refractivity contribution is 5.46. The molecule has 1 atom stereocenters. The van der Waals surface area contributed by atoms with Gasteiger partial charge in [-0.25, -0.2) is 0 Å². The third-order valence-corrected chi connectivity index (χ3v) is 4.90. The fourth-order valence-electron chi connectivity index (χ4n) is 3.35. The Balaban J connectivity index is 1.71. The summed E-state index contributed by atoms with van der Waals surface area (Å²) in [5.74, 6) is 2.66. The van der Waals surface area contributed by atoms with Gasteiger partial charge in [-0.05, 0) is 38.8 Å². The van der Waals surface area contributed by atoms with E-state index in [1.54, 1.807) is 0 Å². The van der Waals surface area contributed by atoms with Crippen LogP contribution in [0.25, 0.3) is 0 Å². The molecule has 1 aromatic carbocycles. The van der Waals surface area contributed by atoms with E-state index in [4.69, 9.17) is 4.74 Å². The minimum atomic E-state index is 0.0706. The third-order valence-electron chi connectivity index (χ3n) is 4.90. The summed E-state index contributed by atoms with van der Waals surface area (Å²) in [5, 5.41) is 12.9. The maximum absolute atomic E-state index is 9.66. The molecule has 1 aliphatic heterocycles. The minimum absolute atomic E-state index is 0.0706. The van der Waals surface area contributed by atoms with Crippen LogP contribution in [-0.2, 0) is 0 Å². The number of para-hydroxylation sites is 1. The van der Waals surface area contributed by atoms with Gasteiger partial charge in [0.25, 0.3) is 0 Å². The number of rotatable bonds is 10. The molecule has 8 heteroatoms. The zero-order chi connectivity index (χ0) is 19.8. The average molecular weight is 387 g/mol. The van der Waals surface area contributed by atoms with Crippen molar-refractivity contribution in [1.29, 1.82) is 0 Å². The van der Waals surface area contributed by atoms with Crippen molar-refractivity contribution in [2.24, 2.45) is 0 Å². The Bertz CT molecular complexity index is 726. The van der Waals surface area contributed by atoms with Crippen molar-refractivity contribution in [1.82, 2.24) is 15.0 Å². The lowest BCUT2D eigenvalue weighted by molar-refractivity contribution is 0.265. The third kappa shape index (κ3) is 5.01. The Morgan fingerprint density at radius 2 is 1.96 bits per heavy atom. The molecule has 8 nitrogen and oxygen atoms in total. The topological polar surface area (TPSA) is 86.6 Å². The van der Waals surface area contributed by atoms with Crippen LogP contribution in [-0.4, -0.2) is 65.5 Å². The Kier molecular flexibility index (Phi) is 7.25. The van der Waals surface area contributed by atoms with Gasteiger partial charge >= 0.3 is 0 Å². The normalized spacial score (nSPS) is 16.2. The molecule has 0 saturated carbocycles. The molecule has 3 rings (SSSR count). The molecular formula is C20H30N6O2. The molecule has 0 radical (unpaired) electrons. The van der Waals surface area contributed by atoms with Gasteiger partial charge in [-0.1, -0.05) is 18.2 Å². The van der Waals surface area contributed by atoms with E-state index in [9.17, 15) is 5.11 Å². The number of nitrogens with one attached hydrogen (secondary N) is 1. The van der Waals surface area contributed by atoms with Crippen molar-refractivity contribution in [3.05, 3.63) is 30.3 Å². The van der Waals surface area contributed by atoms with Crippen LogP contribution in [0.3, 0.4) is 0 Å². The van der Waals surface area contributed by atoms with Gasteiger partial charge < -0.3 is 25.0 Å². The van der Waals surface area contributed by atoms with Crippen molar-refractivity contribution >= 4 is 17.8 Å². The predicted molar refractivity (Wildman–Crippen MR) is 111 cm³/mol. The number of hydrogen-bond acceptors (Lipinski definition) is 8. The van der Waals surface area contributed by atoms with Crippen LogP contribution in [0.1, 0.15) is 26.7 Å². The van der Waals surface area contributed by atoms with Gasteiger partial charge in [-0.15, -0.1) is 0 Å². The summed E-state index contributed by atoms with van der Waals surface area (Å²) in [4.78, 5) is 18.1. The molecule has 2 N–H and O–H groups in total. The Morgan fingerprint density at radius 3 is 2.68 bits per heavy atom. The summed E-state index contributed by atoms with van der Waals surface area (Å²) < 4.78 is 5.72. The Hall–Kier alpha value is -2.61. The molecule has 2 heterocycles. The summed E-state index contributed by atoms with van der Waals surface area (Å²) in [6, 6.07) is 9.80. The van der Waals surface area contributed by atoms with Crippen LogP contribution in [0.2, 0.25) is 0 Å². The number of ether oxygens (including phenoxy) is 1. The van der Waals surface area contributed by atoms with Crippen molar-refractivity contribution < 1.29 is 9.84 Å². The molecule has 152 valence electrons. The first-order valence-corrected chi connectivity index (χ1v) is 10.0. The van der Waals surface area contributed by atoms with Crippen molar-refractivity contribution in [2.75, 3.05) is 54.5 Å². The fourth-order valence-corrected chi connectivity index (χ4v) is 3.35. The molecule has 28 heavy (non-hydrogen) atoms. The molecule has 0 amide bonds. The molecule has 0 spiro atoms. The van der Waals surface area contributed by atoms with Gasteiger partial charge in [-0.2, -0.15) is 15.0 Å².